The highest BCUT2D eigenvalue weighted by Gasteiger charge is 2.19. The number of aliphatic hydroxyl groups excluding tert-OH is 1. The molecular formula is C14H20O2. The standard InChI is InChI=1S/C14H20O2/c15-14-8-6-13(7-9-14)11-16-10-12-4-2-1-3-5-12/h1-5,13-15H,6-11H2/t13-,14-. The van der Waals surface area contributed by atoms with Crippen molar-refractivity contribution in [3.05, 3.63) is 35.9 Å². The fourth-order valence-corrected chi connectivity index (χ4v) is 2.23. The van der Waals surface area contributed by atoms with Crippen molar-refractivity contribution in [2.45, 2.75) is 38.4 Å². The molecule has 1 fully saturated rings. The van der Waals surface area contributed by atoms with Gasteiger partial charge in [-0.05, 0) is 37.2 Å². The van der Waals surface area contributed by atoms with Crippen LogP contribution in [0.1, 0.15) is 31.2 Å². The second-order valence-electron chi connectivity index (χ2n) is 4.68. The Labute approximate surface area is 97.3 Å². The van der Waals surface area contributed by atoms with Crippen LogP contribution in [0, 0.1) is 5.92 Å². The van der Waals surface area contributed by atoms with E-state index in [1.54, 1.807) is 0 Å². The van der Waals surface area contributed by atoms with E-state index >= 15 is 0 Å². The van der Waals surface area contributed by atoms with Gasteiger partial charge in [0.05, 0.1) is 12.7 Å². The lowest BCUT2D eigenvalue weighted by molar-refractivity contribution is 0.0445. The minimum Gasteiger partial charge on any atom is -0.393 e. The van der Waals surface area contributed by atoms with Crippen LogP contribution >= 0.6 is 0 Å². The summed E-state index contributed by atoms with van der Waals surface area (Å²) in [5.74, 6) is 0.645. The summed E-state index contributed by atoms with van der Waals surface area (Å²) in [7, 11) is 0. The number of benzene rings is 1. The number of hydrogen-bond acceptors (Lipinski definition) is 2. The first-order valence-electron chi connectivity index (χ1n) is 6.14. The number of rotatable bonds is 4. The molecule has 2 heteroatoms. The number of ether oxygens (including phenoxy) is 1. The Morgan fingerprint density at radius 2 is 1.75 bits per heavy atom. The molecule has 2 rings (SSSR count). The van der Waals surface area contributed by atoms with Gasteiger partial charge in [-0.25, -0.2) is 0 Å². The normalized spacial score (nSPS) is 25.6. The van der Waals surface area contributed by atoms with E-state index < -0.39 is 0 Å². The van der Waals surface area contributed by atoms with Gasteiger partial charge in [0.1, 0.15) is 0 Å². The van der Waals surface area contributed by atoms with E-state index in [0.29, 0.717) is 12.5 Å². The van der Waals surface area contributed by atoms with Crippen LogP contribution in [0.5, 0.6) is 0 Å². The second-order valence-corrected chi connectivity index (χ2v) is 4.68. The van der Waals surface area contributed by atoms with Gasteiger partial charge < -0.3 is 9.84 Å². The summed E-state index contributed by atoms with van der Waals surface area (Å²) in [4.78, 5) is 0. The van der Waals surface area contributed by atoms with Gasteiger partial charge in [0.2, 0.25) is 0 Å². The predicted octanol–water partition coefficient (Wildman–Crippen LogP) is 2.75. The molecule has 0 bridgehead atoms. The average molecular weight is 220 g/mol. The minimum atomic E-state index is -0.0645. The summed E-state index contributed by atoms with van der Waals surface area (Å²) in [6, 6.07) is 10.3. The maximum atomic E-state index is 9.39. The Kier molecular flexibility index (Phi) is 4.37. The van der Waals surface area contributed by atoms with E-state index in [-0.39, 0.29) is 6.10 Å². The van der Waals surface area contributed by atoms with Gasteiger partial charge >= 0.3 is 0 Å². The van der Waals surface area contributed by atoms with Crippen molar-refractivity contribution >= 4 is 0 Å². The fraction of sp³-hybridized carbons (Fsp3) is 0.571. The largest absolute Gasteiger partial charge is 0.393 e. The first-order chi connectivity index (χ1) is 7.84. The molecule has 0 unspecified atom stereocenters. The zero-order valence-corrected chi connectivity index (χ0v) is 9.64. The van der Waals surface area contributed by atoms with Crippen molar-refractivity contribution in [1.29, 1.82) is 0 Å². The lowest BCUT2D eigenvalue weighted by atomic mass is 9.88. The highest BCUT2D eigenvalue weighted by Crippen LogP contribution is 2.24. The lowest BCUT2D eigenvalue weighted by Gasteiger charge is -2.25. The number of hydrogen-bond donors (Lipinski definition) is 1. The highest BCUT2D eigenvalue weighted by atomic mass is 16.5. The Morgan fingerprint density at radius 3 is 2.44 bits per heavy atom. The molecule has 0 saturated heterocycles. The van der Waals surface area contributed by atoms with Gasteiger partial charge in [0, 0.05) is 6.61 Å². The quantitative estimate of drug-likeness (QED) is 0.845. The summed E-state index contributed by atoms with van der Waals surface area (Å²) in [6.07, 6.45) is 4.04. The molecule has 0 aliphatic heterocycles. The second kappa shape index (κ2) is 6.02. The van der Waals surface area contributed by atoms with Crippen molar-refractivity contribution in [2.75, 3.05) is 6.61 Å². The SMILES string of the molecule is O[C@H]1CC[C@H](COCc2ccccc2)CC1. The van der Waals surface area contributed by atoms with E-state index in [1.165, 1.54) is 5.56 Å². The molecular weight excluding hydrogens is 200 g/mol. The molecule has 0 spiro atoms. The summed E-state index contributed by atoms with van der Waals surface area (Å²) >= 11 is 0. The Hall–Kier alpha value is -0.860. The van der Waals surface area contributed by atoms with Crippen LogP contribution in [-0.4, -0.2) is 17.8 Å². The van der Waals surface area contributed by atoms with Crippen LogP contribution in [0.4, 0.5) is 0 Å². The molecule has 1 N–H and O–H groups in total. The van der Waals surface area contributed by atoms with Gasteiger partial charge in [0.25, 0.3) is 0 Å². The third-order valence-electron chi connectivity index (χ3n) is 3.28. The molecule has 16 heavy (non-hydrogen) atoms. The van der Waals surface area contributed by atoms with Crippen LogP contribution in [0.3, 0.4) is 0 Å². The molecule has 1 saturated carbocycles. The predicted molar refractivity (Wildman–Crippen MR) is 64.1 cm³/mol. The lowest BCUT2D eigenvalue weighted by Crippen LogP contribution is -2.21. The zero-order chi connectivity index (χ0) is 11.2. The summed E-state index contributed by atoms with van der Waals surface area (Å²) in [6.45, 7) is 1.54. The van der Waals surface area contributed by atoms with Gasteiger partial charge in [-0.15, -0.1) is 0 Å². The molecule has 1 aliphatic carbocycles. The van der Waals surface area contributed by atoms with E-state index in [0.717, 1.165) is 32.3 Å². The van der Waals surface area contributed by atoms with Crippen LogP contribution in [0.15, 0.2) is 30.3 Å². The van der Waals surface area contributed by atoms with Crippen LogP contribution < -0.4 is 0 Å². The molecule has 0 radical (unpaired) electrons. The summed E-state index contributed by atoms with van der Waals surface area (Å²) < 4.78 is 5.71. The maximum absolute atomic E-state index is 9.39. The molecule has 0 amide bonds. The van der Waals surface area contributed by atoms with Crippen LogP contribution in [0.25, 0.3) is 0 Å². The van der Waals surface area contributed by atoms with Crippen molar-refractivity contribution in [1.82, 2.24) is 0 Å². The van der Waals surface area contributed by atoms with Gasteiger partial charge in [0.15, 0.2) is 0 Å². The molecule has 0 heterocycles. The fourth-order valence-electron chi connectivity index (χ4n) is 2.23. The third kappa shape index (κ3) is 3.62. The van der Waals surface area contributed by atoms with E-state index in [9.17, 15) is 5.11 Å². The van der Waals surface area contributed by atoms with E-state index in [2.05, 4.69) is 12.1 Å². The molecule has 1 aromatic rings. The molecule has 1 aliphatic rings. The first kappa shape index (κ1) is 11.6. The van der Waals surface area contributed by atoms with Crippen LogP contribution in [0.2, 0.25) is 0 Å². The smallest absolute Gasteiger partial charge is 0.0717 e. The average Bonchev–Trinajstić information content (AvgIpc) is 2.33. The van der Waals surface area contributed by atoms with Gasteiger partial charge in [-0.1, -0.05) is 30.3 Å². The van der Waals surface area contributed by atoms with Crippen molar-refractivity contribution in [2.24, 2.45) is 5.92 Å². The maximum Gasteiger partial charge on any atom is 0.0717 e. The summed E-state index contributed by atoms with van der Waals surface area (Å²) in [5, 5.41) is 9.39. The summed E-state index contributed by atoms with van der Waals surface area (Å²) in [5.41, 5.74) is 1.23. The topological polar surface area (TPSA) is 29.5 Å². The number of aliphatic hydroxyl groups is 1. The molecule has 2 nitrogen and oxygen atoms in total. The zero-order valence-electron chi connectivity index (χ0n) is 9.64. The molecule has 0 atom stereocenters. The molecule has 1 aromatic carbocycles. The van der Waals surface area contributed by atoms with Crippen LogP contribution in [-0.2, 0) is 11.3 Å². The molecule has 0 aromatic heterocycles. The van der Waals surface area contributed by atoms with Gasteiger partial charge in [-0.3, -0.25) is 0 Å². The first-order valence-corrected chi connectivity index (χ1v) is 6.14. The van der Waals surface area contributed by atoms with Crippen molar-refractivity contribution in [3.8, 4) is 0 Å². The highest BCUT2D eigenvalue weighted by molar-refractivity contribution is 5.13. The third-order valence-corrected chi connectivity index (χ3v) is 3.28. The molecule has 88 valence electrons. The van der Waals surface area contributed by atoms with E-state index in [4.69, 9.17) is 4.74 Å². The minimum absolute atomic E-state index is 0.0645. The Bertz CT molecular complexity index is 289. The van der Waals surface area contributed by atoms with Crippen molar-refractivity contribution in [3.63, 3.8) is 0 Å². The van der Waals surface area contributed by atoms with E-state index in [1.807, 2.05) is 18.2 Å². The Morgan fingerprint density at radius 1 is 1.06 bits per heavy atom. The Balaban J connectivity index is 1.65. The van der Waals surface area contributed by atoms with Crippen molar-refractivity contribution < 1.29 is 9.84 Å². The van der Waals surface area contributed by atoms with Gasteiger partial charge in [-0.2, -0.15) is 0 Å². The monoisotopic (exact) mass is 220 g/mol.